The third-order valence-corrected chi connectivity index (χ3v) is 7.95. The summed E-state index contributed by atoms with van der Waals surface area (Å²) in [6, 6.07) is 12.2. The Kier molecular flexibility index (Phi) is 7.76. The van der Waals surface area contributed by atoms with Gasteiger partial charge in [0.25, 0.3) is 15.7 Å². The highest BCUT2D eigenvalue weighted by atomic mass is 79.9. The molecule has 0 aromatic heterocycles. The Labute approximate surface area is 243 Å². The van der Waals surface area contributed by atoms with Gasteiger partial charge in [0.1, 0.15) is 29.5 Å². The molecule has 3 aromatic rings. The van der Waals surface area contributed by atoms with Crippen LogP contribution in [0.5, 0.6) is 0 Å². The average molecular weight is 661 g/mol. The molecular weight excluding hydrogens is 649 g/mol. The molecule has 3 aromatic carbocycles. The number of non-ortho nitro benzene ring substituents is 1. The topological polar surface area (TPSA) is 196 Å². The van der Waals surface area contributed by atoms with E-state index in [1.807, 2.05) is 0 Å². The molecule has 0 bridgehead atoms. The fourth-order valence-electron chi connectivity index (χ4n) is 3.92. The van der Waals surface area contributed by atoms with Crippen LogP contribution in [0.2, 0.25) is 5.02 Å². The van der Waals surface area contributed by atoms with Gasteiger partial charge in [-0.05, 0) is 59.3 Å². The van der Waals surface area contributed by atoms with Crippen LogP contribution in [-0.4, -0.2) is 24.1 Å². The lowest BCUT2D eigenvalue weighted by atomic mass is 10.0. The summed E-state index contributed by atoms with van der Waals surface area (Å²) in [5.74, 6) is -0.475. The zero-order valence-corrected chi connectivity index (χ0v) is 23.5. The van der Waals surface area contributed by atoms with Crippen molar-refractivity contribution in [1.29, 1.82) is 10.5 Å². The standard InChI is InChI=1S/C24H12BrClFN7O6S/c1-12-30-21-5-3-16(41(39,40)31-23-18(25)6-15(33(35)36)8-22(23)34(37)38)9-17(21)24(13(10-28)11-29)32(12)14-2-4-20(27)19(26)7-14/h2-9,31H,1H3. The van der Waals surface area contributed by atoms with E-state index in [4.69, 9.17) is 11.6 Å². The largest absolute Gasteiger partial charge is 0.301 e. The first kappa shape index (κ1) is 29.1. The van der Waals surface area contributed by atoms with Gasteiger partial charge in [0.2, 0.25) is 0 Å². The number of benzene rings is 3. The lowest BCUT2D eigenvalue weighted by molar-refractivity contribution is -0.393. The number of hydrogen-bond donors (Lipinski definition) is 1. The number of hydrogen-bond acceptors (Lipinski definition) is 10. The molecule has 1 heterocycles. The van der Waals surface area contributed by atoms with Gasteiger partial charge in [-0.3, -0.25) is 29.9 Å². The second-order valence-electron chi connectivity index (χ2n) is 8.16. The van der Waals surface area contributed by atoms with Crippen LogP contribution < -0.4 is 9.62 Å². The van der Waals surface area contributed by atoms with Crippen molar-refractivity contribution in [1.82, 2.24) is 0 Å². The molecule has 0 amide bonds. The molecular formula is C24H12BrClFN7O6S. The van der Waals surface area contributed by atoms with Gasteiger partial charge in [-0.25, -0.2) is 17.8 Å². The molecule has 206 valence electrons. The molecule has 0 atom stereocenters. The van der Waals surface area contributed by atoms with E-state index in [1.54, 1.807) is 19.1 Å². The molecule has 1 N–H and O–H groups in total. The minimum atomic E-state index is -4.61. The summed E-state index contributed by atoms with van der Waals surface area (Å²) < 4.78 is 42.5. The zero-order chi connectivity index (χ0) is 30.2. The lowest BCUT2D eigenvalue weighted by Gasteiger charge is -2.32. The van der Waals surface area contributed by atoms with E-state index in [1.165, 1.54) is 23.1 Å². The van der Waals surface area contributed by atoms with Crippen LogP contribution in [0.25, 0.3) is 5.70 Å². The number of allylic oxidation sites excluding steroid dienone is 1. The van der Waals surface area contributed by atoms with Gasteiger partial charge in [0.05, 0.1) is 41.7 Å². The quantitative estimate of drug-likeness (QED) is 0.182. The molecule has 0 radical (unpaired) electrons. The van der Waals surface area contributed by atoms with Gasteiger partial charge in [-0.1, -0.05) is 11.6 Å². The Morgan fingerprint density at radius 2 is 1.78 bits per heavy atom. The van der Waals surface area contributed by atoms with Crippen molar-refractivity contribution in [3.05, 3.63) is 95.2 Å². The van der Waals surface area contributed by atoms with Gasteiger partial charge >= 0.3 is 5.69 Å². The maximum atomic E-state index is 13.9. The number of nitriles is 2. The molecule has 1 aliphatic rings. The Morgan fingerprint density at radius 3 is 2.37 bits per heavy atom. The molecule has 0 spiro atoms. The predicted molar refractivity (Wildman–Crippen MR) is 150 cm³/mol. The molecule has 0 unspecified atom stereocenters. The average Bonchev–Trinajstić information content (AvgIpc) is 2.91. The third-order valence-electron chi connectivity index (χ3n) is 5.68. The van der Waals surface area contributed by atoms with Crippen molar-refractivity contribution in [2.75, 3.05) is 9.62 Å². The summed E-state index contributed by atoms with van der Waals surface area (Å²) in [5, 5.41) is 41.9. The van der Waals surface area contributed by atoms with E-state index >= 15 is 0 Å². The van der Waals surface area contributed by atoms with Crippen LogP contribution in [0.3, 0.4) is 0 Å². The molecule has 41 heavy (non-hydrogen) atoms. The molecule has 13 nitrogen and oxygen atoms in total. The number of fused-ring (bicyclic) bond motifs is 1. The van der Waals surface area contributed by atoms with E-state index in [2.05, 4.69) is 25.6 Å². The number of sulfonamides is 1. The fourth-order valence-corrected chi connectivity index (χ4v) is 5.88. The van der Waals surface area contributed by atoms with Gasteiger partial charge in [0, 0.05) is 17.3 Å². The zero-order valence-electron chi connectivity index (χ0n) is 20.3. The molecule has 0 fully saturated rings. The highest BCUT2D eigenvalue weighted by Gasteiger charge is 2.31. The number of nitro groups is 2. The second-order valence-corrected chi connectivity index (χ2v) is 11.1. The first-order valence-corrected chi connectivity index (χ1v) is 13.6. The summed E-state index contributed by atoms with van der Waals surface area (Å²) in [6.07, 6.45) is 0. The Bertz CT molecular complexity index is 1920. The third kappa shape index (κ3) is 5.44. The van der Waals surface area contributed by atoms with Crippen LogP contribution in [0.15, 0.2) is 68.5 Å². The number of halogens is 3. The maximum Gasteiger partial charge on any atom is 0.301 e. The van der Waals surface area contributed by atoms with E-state index in [9.17, 15) is 43.6 Å². The summed E-state index contributed by atoms with van der Waals surface area (Å²) in [7, 11) is -4.61. The monoisotopic (exact) mass is 659 g/mol. The Morgan fingerprint density at radius 1 is 1.10 bits per heavy atom. The van der Waals surface area contributed by atoms with E-state index in [0.717, 1.165) is 24.3 Å². The predicted octanol–water partition coefficient (Wildman–Crippen LogP) is 6.19. The normalized spacial score (nSPS) is 12.5. The number of rotatable bonds is 6. The van der Waals surface area contributed by atoms with Crippen LogP contribution >= 0.6 is 27.5 Å². The molecule has 17 heteroatoms. The van der Waals surface area contributed by atoms with Gasteiger partial charge < -0.3 is 0 Å². The van der Waals surface area contributed by atoms with Crippen molar-refractivity contribution in [3.63, 3.8) is 0 Å². The highest BCUT2D eigenvalue weighted by molar-refractivity contribution is 9.10. The van der Waals surface area contributed by atoms with Gasteiger partial charge in [-0.2, -0.15) is 10.5 Å². The Balaban J connectivity index is 1.90. The number of nitrogens with zero attached hydrogens (tertiary/aromatic N) is 6. The summed E-state index contributed by atoms with van der Waals surface area (Å²) >= 11 is 8.89. The molecule has 1 aliphatic heterocycles. The second kappa shape index (κ2) is 10.9. The first-order valence-electron chi connectivity index (χ1n) is 10.9. The smallest absolute Gasteiger partial charge is 0.296 e. The minimum absolute atomic E-state index is 0.0225. The summed E-state index contributed by atoms with van der Waals surface area (Å²) in [4.78, 5) is 26.2. The van der Waals surface area contributed by atoms with Crippen LogP contribution in [0.4, 0.5) is 32.8 Å². The SMILES string of the molecule is CC1=Nc2ccc(S(=O)(=O)Nc3c(Br)cc([N+](=O)[O-])cc3[N+](=O)[O-])cc2C(=C(C#N)C#N)N1c1ccc(F)c(Cl)c1. The van der Waals surface area contributed by atoms with Crippen molar-refractivity contribution >= 4 is 77.5 Å². The maximum absolute atomic E-state index is 13.9. The van der Waals surface area contributed by atoms with E-state index in [-0.39, 0.29) is 38.0 Å². The molecule has 4 rings (SSSR count). The van der Waals surface area contributed by atoms with Crippen molar-refractivity contribution in [3.8, 4) is 12.1 Å². The number of anilines is 2. The van der Waals surface area contributed by atoms with E-state index < -0.39 is 53.2 Å². The number of nitro benzene ring substituents is 2. The van der Waals surface area contributed by atoms with Crippen molar-refractivity contribution < 1.29 is 22.7 Å². The molecule has 0 saturated carbocycles. The minimum Gasteiger partial charge on any atom is -0.296 e. The summed E-state index contributed by atoms with van der Waals surface area (Å²) in [5.41, 5.74) is -2.18. The highest BCUT2D eigenvalue weighted by Crippen LogP contribution is 2.42. The van der Waals surface area contributed by atoms with Gasteiger partial charge in [0.15, 0.2) is 5.57 Å². The Hall–Kier alpha value is -4.90. The van der Waals surface area contributed by atoms with Crippen LogP contribution in [-0.2, 0) is 10.0 Å². The molecule has 0 aliphatic carbocycles. The number of nitrogens with one attached hydrogen (secondary N) is 1. The van der Waals surface area contributed by atoms with Crippen LogP contribution in [0.1, 0.15) is 12.5 Å². The van der Waals surface area contributed by atoms with Gasteiger partial charge in [-0.15, -0.1) is 0 Å². The number of amidine groups is 1. The van der Waals surface area contributed by atoms with E-state index in [0.29, 0.717) is 6.07 Å². The fraction of sp³-hybridized carbons (Fsp3) is 0.0417. The van der Waals surface area contributed by atoms with Crippen molar-refractivity contribution in [2.24, 2.45) is 4.99 Å². The number of aliphatic imine (C=N–C) groups is 1. The first-order chi connectivity index (χ1) is 19.3. The summed E-state index contributed by atoms with van der Waals surface area (Å²) in [6.45, 7) is 1.55. The van der Waals surface area contributed by atoms with Crippen LogP contribution in [0, 0.1) is 48.7 Å². The molecule has 0 saturated heterocycles. The lowest BCUT2D eigenvalue weighted by Crippen LogP contribution is -2.30. The van der Waals surface area contributed by atoms with Crippen molar-refractivity contribution in [2.45, 2.75) is 11.8 Å².